The summed E-state index contributed by atoms with van der Waals surface area (Å²) >= 11 is 0. The molecule has 0 fully saturated rings. The standard InChI is InChI=1S/C21H21N3O4.ClH/c1-3-14-5-4-6-15(9-14)24-21-16-11-20(28-8-7-27-2)17(19(26)12-25)10-18(16)22-13-23-21;/h1,4-6,9-11,13,19,25-26H,7-8,12H2,2H3,(H,22,23,24);1H. The lowest BCUT2D eigenvalue weighted by molar-refractivity contribution is 0.0905. The molecule has 1 atom stereocenters. The Morgan fingerprint density at radius 1 is 1.21 bits per heavy atom. The van der Waals surface area contributed by atoms with Crippen LogP contribution in [0.2, 0.25) is 0 Å². The van der Waals surface area contributed by atoms with Crippen LogP contribution in [0.25, 0.3) is 10.9 Å². The van der Waals surface area contributed by atoms with Gasteiger partial charge in [-0.3, -0.25) is 0 Å². The quantitative estimate of drug-likeness (QED) is 0.384. The summed E-state index contributed by atoms with van der Waals surface area (Å²) in [4.78, 5) is 8.60. The van der Waals surface area contributed by atoms with Gasteiger partial charge < -0.3 is 25.0 Å². The number of aromatic nitrogens is 2. The van der Waals surface area contributed by atoms with Crippen LogP contribution in [0.5, 0.6) is 5.75 Å². The lowest BCUT2D eigenvalue weighted by Gasteiger charge is -2.17. The molecule has 152 valence electrons. The molecule has 3 aromatic rings. The molecule has 1 heterocycles. The zero-order valence-electron chi connectivity index (χ0n) is 15.8. The van der Waals surface area contributed by atoms with Crippen LogP contribution in [-0.4, -0.2) is 47.1 Å². The molecule has 0 bridgehead atoms. The fourth-order valence-electron chi connectivity index (χ4n) is 2.74. The summed E-state index contributed by atoms with van der Waals surface area (Å²) in [5.41, 5.74) is 2.59. The lowest BCUT2D eigenvalue weighted by atomic mass is 10.1. The average Bonchev–Trinajstić information content (AvgIpc) is 2.73. The van der Waals surface area contributed by atoms with Crippen molar-refractivity contribution in [2.75, 3.05) is 32.2 Å². The Morgan fingerprint density at radius 2 is 2.03 bits per heavy atom. The van der Waals surface area contributed by atoms with Crippen LogP contribution in [0.1, 0.15) is 17.2 Å². The first-order valence-corrected chi connectivity index (χ1v) is 8.69. The van der Waals surface area contributed by atoms with Crippen molar-refractivity contribution in [2.24, 2.45) is 0 Å². The Morgan fingerprint density at radius 3 is 2.76 bits per heavy atom. The summed E-state index contributed by atoms with van der Waals surface area (Å²) in [7, 11) is 1.58. The second kappa shape index (κ2) is 10.6. The largest absolute Gasteiger partial charge is 0.491 e. The highest BCUT2D eigenvalue weighted by Gasteiger charge is 2.17. The number of nitrogens with one attached hydrogen (secondary N) is 1. The van der Waals surface area contributed by atoms with Crippen LogP contribution in [0.3, 0.4) is 0 Å². The van der Waals surface area contributed by atoms with Crippen molar-refractivity contribution >= 4 is 34.8 Å². The number of halogens is 1. The molecule has 1 unspecified atom stereocenters. The van der Waals surface area contributed by atoms with E-state index < -0.39 is 12.7 Å². The molecule has 0 saturated carbocycles. The van der Waals surface area contributed by atoms with Gasteiger partial charge in [0.05, 0.1) is 18.7 Å². The van der Waals surface area contributed by atoms with E-state index in [0.29, 0.717) is 41.2 Å². The molecule has 0 aliphatic carbocycles. The highest BCUT2D eigenvalue weighted by atomic mass is 35.5. The summed E-state index contributed by atoms with van der Waals surface area (Å²) in [5.74, 6) is 3.60. The number of ether oxygens (including phenoxy) is 2. The number of hydrogen-bond donors (Lipinski definition) is 3. The normalized spacial score (nSPS) is 11.4. The Bertz CT molecular complexity index is 1010. The molecule has 0 radical (unpaired) electrons. The van der Waals surface area contributed by atoms with Gasteiger partial charge in [-0.15, -0.1) is 18.8 Å². The topological polar surface area (TPSA) is 96.7 Å². The number of hydrogen-bond acceptors (Lipinski definition) is 7. The Balaban J connectivity index is 0.00000300. The zero-order valence-corrected chi connectivity index (χ0v) is 16.6. The summed E-state index contributed by atoms with van der Waals surface area (Å²) < 4.78 is 10.8. The van der Waals surface area contributed by atoms with Gasteiger partial charge in [0.25, 0.3) is 0 Å². The third-order valence-electron chi connectivity index (χ3n) is 4.14. The first-order valence-electron chi connectivity index (χ1n) is 8.69. The molecule has 3 N–H and O–H groups in total. The van der Waals surface area contributed by atoms with Crippen molar-refractivity contribution in [3.63, 3.8) is 0 Å². The second-order valence-corrected chi connectivity index (χ2v) is 6.02. The number of aliphatic hydroxyl groups is 2. The van der Waals surface area contributed by atoms with E-state index in [9.17, 15) is 10.2 Å². The van der Waals surface area contributed by atoms with Crippen molar-refractivity contribution in [1.82, 2.24) is 9.97 Å². The molecule has 0 aliphatic heterocycles. The minimum Gasteiger partial charge on any atom is -0.491 e. The number of methoxy groups -OCH3 is 1. The van der Waals surface area contributed by atoms with Gasteiger partial charge in [-0.1, -0.05) is 12.0 Å². The van der Waals surface area contributed by atoms with E-state index in [1.807, 2.05) is 24.3 Å². The number of fused-ring (bicyclic) bond motifs is 1. The van der Waals surface area contributed by atoms with Crippen LogP contribution < -0.4 is 10.1 Å². The van der Waals surface area contributed by atoms with E-state index in [4.69, 9.17) is 15.9 Å². The molecular weight excluding hydrogens is 394 g/mol. The van der Waals surface area contributed by atoms with Crippen molar-refractivity contribution in [2.45, 2.75) is 6.10 Å². The van der Waals surface area contributed by atoms with Crippen LogP contribution in [-0.2, 0) is 4.74 Å². The minimum atomic E-state index is -1.08. The molecule has 2 aromatic carbocycles. The molecule has 0 aliphatic rings. The summed E-state index contributed by atoms with van der Waals surface area (Å²) in [6, 6.07) is 10.8. The van der Waals surface area contributed by atoms with Crippen LogP contribution in [0.15, 0.2) is 42.7 Å². The number of nitrogens with zero attached hydrogens (tertiary/aromatic N) is 2. The van der Waals surface area contributed by atoms with Crippen LogP contribution in [0, 0.1) is 12.3 Å². The molecule has 0 amide bonds. The van der Waals surface area contributed by atoms with E-state index in [1.54, 1.807) is 19.2 Å². The smallest absolute Gasteiger partial charge is 0.141 e. The molecule has 8 heteroatoms. The Kier molecular flexibility index (Phi) is 8.19. The van der Waals surface area contributed by atoms with E-state index >= 15 is 0 Å². The van der Waals surface area contributed by atoms with Crippen LogP contribution in [0.4, 0.5) is 11.5 Å². The fourth-order valence-corrected chi connectivity index (χ4v) is 2.74. The van der Waals surface area contributed by atoms with Gasteiger partial charge in [-0.25, -0.2) is 9.97 Å². The summed E-state index contributed by atoms with van der Waals surface area (Å²) in [6.45, 7) is 0.261. The van der Waals surface area contributed by atoms with Gasteiger partial charge >= 0.3 is 0 Å². The van der Waals surface area contributed by atoms with E-state index in [2.05, 4.69) is 21.2 Å². The number of rotatable bonds is 8. The first-order chi connectivity index (χ1) is 13.7. The predicted molar refractivity (Wildman–Crippen MR) is 114 cm³/mol. The van der Waals surface area contributed by atoms with Crippen molar-refractivity contribution in [1.29, 1.82) is 0 Å². The molecule has 0 saturated heterocycles. The van der Waals surface area contributed by atoms with Gasteiger partial charge in [0.1, 0.15) is 30.6 Å². The Hall–Kier alpha value is -2.89. The maximum Gasteiger partial charge on any atom is 0.141 e. The zero-order chi connectivity index (χ0) is 19.9. The summed E-state index contributed by atoms with van der Waals surface area (Å²) in [5, 5.41) is 23.5. The second-order valence-electron chi connectivity index (χ2n) is 6.02. The van der Waals surface area contributed by atoms with E-state index in [1.165, 1.54) is 6.33 Å². The highest BCUT2D eigenvalue weighted by Crippen LogP contribution is 2.33. The average molecular weight is 416 g/mol. The lowest BCUT2D eigenvalue weighted by Crippen LogP contribution is -2.10. The number of anilines is 2. The van der Waals surface area contributed by atoms with Crippen molar-refractivity contribution < 1.29 is 19.7 Å². The van der Waals surface area contributed by atoms with Gasteiger partial charge in [-0.2, -0.15) is 0 Å². The number of aliphatic hydroxyl groups excluding tert-OH is 2. The molecule has 0 spiro atoms. The molecule has 29 heavy (non-hydrogen) atoms. The third-order valence-corrected chi connectivity index (χ3v) is 4.14. The van der Waals surface area contributed by atoms with Gasteiger partial charge in [0.15, 0.2) is 0 Å². The first kappa shape index (κ1) is 22.4. The van der Waals surface area contributed by atoms with E-state index in [0.717, 1.165) is 11.3 Å². The molecule has 3 rings (SSSR count). The molecule has 1 aromatic heterocycles. The SMILES string of the molecule is C#Cc1cccc(Nc2ncnc3cc(C(O)CO)c(OCCOC)cc23)c1.Cl. The molecular formula is C21H22ClN3O4. The maximum atomic E-state index is 10.1. The number of terminal acetylenes is 1. The fraction of sp³-hybridized carbons (Fsp3) is 0.238. The number of benzene rings is 2. The van der Waals surface area contributed by atoms with E-state index in [-0.39, 0.29) is 12.4 Å². The highest BCUT2D eigenvalue weighted by molar-refractivity contribution is 5.92. The maximum absolute atomic E-state index is 10.1. The van der Waals surface area contributed by atoms with Crippen molar-refractivity contribution in [3.05, 3.63) is 53.9 Å². The minimum absolute atomic E-state index is 0. The van der Waals surface area contributed by atoms with Crippen molar-refractivity contribution in [3.8, 4) is 18.1 Å². The summed E-state index contributed by atoms with van der Waals surface area (Å²) in [6.07, 6.45) is 5.81. The third kappa shape index (κ3) is 5.34. The monoisotopic (exact) mass is 415 g/mol. The Labute approximate surface area is 175 Å². The predicted octanol–water partition coefficient (Wildman–Crippen LogP) is 2.83. The van der Waals surface area contributed by atoms with Crippen LogP contribution >= 0.6 is 12.4 Å². The van der Waals surface area contributed by atoms with Gasteiger partial charge in [-0.05, 0) is 30.3 Å². The van der Waals surface area contributed by atoms with Gasteiger partial charge in [0.2, 0.25) is 0 Å². The van der Waals surface area contributed by atoms with Gasteiger partial charge in [0, 0.05) is 29.3 Å². The molecule has 7 nitrogen and oxygen atoms in total.